The lowest BCUT2D eigenvalue weighted by atomic mass is 10.1. The number of nitrogens with one attached hydrogen (secondary N) is 1. The molecule has 2 fully saturated rings. The third kappa shape index (κ3) is 5.19. The SMILES string of the molecule is Cn1nccc1-c1nc(O[C@@H]2C[C@H]3C(=O)N[C@]4(C(=O)O)C[C@H]4/C=C\CCCCCC(N)C(=O)N3C2)c2sccc2n1. The number of hydrogen-bond acceptors (Lipinski definition) is 9. The van der Waals surface area contributed by atoms with Crippen molar-refractivity contribution in [1.82, 2.24) is 30.0 Å². The second-order valence-corrected chi connectivity index (χ2v) is 12.0. The molecule has 4 N–H and O–H groups in total. The molecule has 1 aliphatic carbocycles. The first-order chi connectivity index (χ1) is 19.8. The Balaban J connectivity index is 1.29. The maximum absolute atomic E-state index is 13.6. The third-order valence-corrected chi connectivity index (χ3v) is 9.15. The summed E-state index contributed by atoms with van der Waals surface area (Å²) < 4.78 is 8.82. The van der Waals surface area contributed by atoms with Gasteiger partial charge in [-0.25, -0.2) is 9.78 Å². The van der Waals surface area contributed by atoms with Gasteiger partial charge in [0.05, 0.1) is 18.1 Å². The van der Waals surface area contributed by atoms with Crippen molar-refractivity contribution in [3.8, 4) is 17.4 Å². The molecule has 12 nitrogen and oxygen atoms in total. The summed E-state index contributed by atoms with van der Waals surface area (Å²) in [4.78, 5) is 50.2. The molecule has 3 aromatic rings. The lowest BCUT2D eigenvalue weighted by Crippen LogP contribution is -2.55. The van der Waals surface area contributed by atoms with E-state index in [-0.39, 0.29) is 24.8 Å². The molecule has 216 valence electrons. The van der Waals surface area contributed by atoms with Gasteiger partial charge in [0, 0.05) is 25.6 Å². The van der Waals surface area contributed by atoms with Gasteiger partial charge in [-0.2, -0.15) is 10.1 Å². The topological polar surface area (TPSA) is 166 Å². The lowest BCUT2D eigenvalue weighted by Gasteiger charge is -2.27. The molecule has 13 heteroatoms. The molecule has 0 spiro atoms. The summed E-state index contributed by atoms with van der Waals surface area (Å²) >= 11 is 1.44. The van der Waals surface area contributed by atoms with Gasteiger partial charge in [0.25, 0.3) is 0 Å². The molecule has 0 radical (unpaired) electrons. The predicted octanol–water partition coefficient (Wildman–Crippen LogP) is 2.25. The maximum atomic E-state index is 13.6. The Hall–Kier alpha value is -3.84. The highest BCUT2D eigenvalue weighted by Gasteiger charge is 2.61. The van der Waals surface area contributed by atoms with Crippen molar-refractivity contribution in [2.75, 3.05) is 6.54 Å². The van der Waals surface area contributed by atoms with Crippen LogP contribution in [0.5, 0.6) is 5.88 Å². The lowest BCUT2D eigenvalue weighted by molar-refractivity contribution is -0.145. The molecule has 0 aromatic carbocycles. The largest absolute Gasteiger partial charge is 0.479 e. The zero-order chi connectivity index (χ0) is 28.7. The molecule has 1 saturated carbocycles. The number of nitrogens with two attached hydrogens (primary N) is 1. The minimum absolute atomic E-state index is 0.131. The Kier molecular flexibility index (Phi) is 7.24. The summed E-state index contributed by atoms with van der Waals surface area (Å²) in [5, 5.41) is 18.9. The number of amides is 2. The number of ether oxygens (including phenoxy) is 1. The van der Waals surface area contributed by atoms with Gasteiger partial charge in [0.1, 0.15) is 28.1 Å². The predicted molar refractivity (Wildman–Crippen MR) is 151 cm³/mol. The molecule has 1 unspecified atom stereocenters. The van der Waals surface area contributed by atoms with Crippen LogP contribution in [0.15, 0.2) is 35.9 Å². The van der Waals surface area contributed by atoms with Crippen molar-refractivity contribution in [3.05, 3.63) is 35.9 Å². The van der Waals surface area contributed by atoms with Crippen molar-refractivity contribution in [2.45, 2.75) is 68.7 Å². The van der Waals surface area contributed by atoms with Gasteiger partial charge in [-0.3, -0.25) is 14.3 Å². The normalized spacial score (nSPS) is 29.7. The van der Waals surface area contributed by atoms with Crippen LogP contribution in [0.25, 0.3) is 21.7 Å². The summed E-state index contributed by atoms with van der Waals surface area (Å²) in [6, 6.07) is 2.02. The number of carboxylic acids is 1. The average molecular weight is 580 g/mol. The van der Waals surface area contributed by atoms with E-state index < -0.39 is 35.6 Å². The van der Waals surface area contributed by atoms with Crippen molar-refractivity contribution < 1.29 is 24.2 Å². The second-order valence-electron chi connectivity index (χ2n) is 11.1. The quantitative estimate of drug-likeness (QED) is 0.393. The highest BCUT2D eigenvalue weighted by Crippen LogP contribution is 2.45. The summed E-state index contributed by atoms with van der Waals surface area (Å²) in [6.07, 6.45) is 9.45. The minimum Gasteiger partial charge on any atom is -0.479 e. The van der Waals surface area contributed by atoms with E-state index >= 15 is 0 Å². The van der Waals surface area contributed by atoms with Crippen LogP contribution in [0, 0.1) is 5.92 Å². The fraction of sp³-hybridized carbons (Fsp3) is 0.500. The molecule has 5 heterocycles. The Morgan fingerprint density at radius 1 is 1.24 bits per heavy atom. The van der Waals surface area contributed by atoms with Crippen LogP contribution in [0.3, 0.4) is 0 Å². The van der Waals surface area contributed by atoms with E-state index in [9.17, 15) is 19.5 Å². The van der Waals surface area contributed by atoms with Gasteiger partial charge in [-0.05, 0) is 43.2 Å². The molecule has 0 bridgehead atoms. The Labute approximate surface area is 240 Å². The Morgan fingerprint density at radius 2 is 2.10 bits per heavy atom. The van der Waals surface area contributed by atoms with Gasteiger partial charge < -0.3 is 25.8 Å². The van der Waals surface area contributed by atoms with Crippen LogP contribution in [0.2, 0.25) is 0 Å². The molecule has 3 aromatic heterocycles. The second kappa shape index (κ2) is 10.9. The Bertz CT molecular complexity index is 1520. The van der Waals surface area contributed by atoms with E-state index in [1.54, 1.807) is 17.9 Å². The number of carbonyl (C=O) groups excluding carboxylic acids is 2. The molecule has 1 saturated heterocycles. The number of aryl methyl sites for hydroxylation is 1. The first-order valence-electron chi connectivity index (χ1n) is 14.0. The molecule has 3 aliphatic rings. The number of fused-ring (bicyclic) bond motifs is 3. The number of carbonyl (C=O) groups is 3. The molecule has 5 atom stereocenters. The third-order valence-electron chi connectivity index (χ3n) is 8.26. The number of aromatic nitrogens is 4. The van der Waals surface area contributed by atoms with E-state index in [1.165, 1.54) is 16.2 Å². The fourth-order valence-electron chi connectivity index (χ4n) is 5.82. The number of hydrogen-bond donors (Lipinski definition) is 3. The van der Waals surface area contributed by atoms with Gasteiger partial charge >= 0.3 is 5.97 Å². The van der Waals surface area contributed by atoms with Crippen LogP contribution in [0.1, 0.15) is 44.9 Å². The number of allylic oxidation sites excluding steroid dienone is 1. The van der Waals surface area contributed by atoms with Gasteiger partial charge in [-0.15, -0.1) is 11.3 Å². The summed E-state index contributed by atoms with van der Waals surface area (Å²) in [6.45, 7) is 0.131. The van der Waals surface area contributed by atoms with Crippen LogP contribution in [-0.2, 0) is 21.4 Å². The van der Waals surface area contributed by atoms with E-state index in [0.717, 1.165) is 41.6 Å². The number of carboxylic acid groups (broad SMARTS) is 1. The highest BCUT2D eigenvalue weighted by atomic mass is 32.1. The van der Waals surface area contributed by atoms with Crippen LogP contribution < -0.4 is 15.8 Å². The number of aliphatic carboxylic acids is 1. The zero-order valence-corrected chi connectivity index (χ0v) is 23.5. The van der Waals surface area contributed by atoms with Crippen molar-refractivity contribution in [2.24, 2.45) is 18.7 Å². The smallest absolute Gasteiger partial charge is 0.330 e. The first kappa shape index (κ1) is 27.3. The number of rotatable bonds is 4. The van der Waals surface area contributed by atoms with Crippen LogP contribution in [0.4, 0.5) is 0 Å². The minimum atomic E-state index is -1.36. The van der Waals surface area contributed by atoms with Crippen molar-refractivity contribution in [3.63, 3.8) is 0 Å². The molecule has 41 heavy (non-hydrogen) atoms. The molecular formula is C28H33N7O5S. The van der Waals surface area contributed by atoms with E-state index in [0.29, 0.717) is 24.5 Å². The Morgan fingerprint density at radius 3 is 2.88 bits per heavy atom. The maximum Gasteiger partial charge on any atom is 0.330 e. The summed E-state index contributed by atoms with van der Waals surface area (Å²) in [7, 11) is 1.80. The monoisotopic (exact) mass is 579 g/mol. The van der Waals surface area contributed by atoms with Crippen molar-refractivity contribution in [1.29, 1.82) is 0 Å². The van der Waals surface area contributed by atoms with Crippen LogP contribution >= 0.6 is 11.3 Å². The van der Waals surface area contributed by atoms with E-state index in [4.69, 9.17) is 10.5 Å². The van der Waals surface area contributed by atoms with Gasteiger partial charge in [0.15, 0.2) is 5.82 Å². The highest BCUT2D eigenvalue weighted by molar-refractivity contribution is 7.17. The number of nitrogens with zero attached hydrogens (tertiary/aromatic N) is 5. The van der Waals surface area contributed by atoms with E-state index in [1.807, 2.05) is 29.7 Å². The zero-order valence-electron chi connectivity index (χ0n) is 22.7. The van der Waals surface area contributed by atoms with Crippen molar-refractivity contribution >= 4 is 39.3 Å². The van der Waals surface area contributed by atoms with Gasteiger partial charge in [-0.1, -0.05) is 25.0 Å². The molecule has 6 rings (SSSR count). The number of thiophene rings is 1. The van der Waals surface area contributed by atoms with Crippen LogP contribution in [-0.4, -0.2) is 77.8 Å². The average Bonchev–Trinajstić information content (AvgIpc) is 3.34. The molecule has 2 amide bonds. The fourth-order valence-corrected chi connectivity index (χ4v) is 6.59. The van der Waals surface area contributed by atoms with Gasteiger partial charge in [0.2, 0.25) is 17.7 Å². The van der Waals surface area contributed by atoms with E-state index in [2.05, 4.69) is 20.4 Å². The molecular weight excluding hydrogens is 546 g/mol. The standard InChI is InChI=1S/C28H33N7O5S/c1-34-20(9-11-30-34)23-31-19-10-12-41-22(19)25(32-23)40-17-13-21-24(36)33-28(27(38)39)14-16(28)7-5-3-2-4-6-8-18(29)26(37)35(21)15-17/h5,7,9-12,16-18,21H,2-4,6,8,13-15,29H2,1H3,(H,33,36)(H,38,39)/b7-5-/t16-,17-,18?,21+,28-/m1/s1. The summed E-state index contributed by atoms with van der Waals surface area (Å²) in [5.74, 6) is -1.39. The summed E-state index contributed by atoms with van der Waals surface area (Å²) in [5.41, 5.74) is 6.39. The first-order valence-corrected chi connectivity index (χ1v) is 14.8. The molecule has 2 aliphatic heterocycles.